The number of ether oxygens (including phenoxy) is 2. The molecular formula is C22H16N2O12S. The minimum Gasteiger partial charge on any atom is -0.373 e. The maximum atomic E-state index is 13.3. The summed E-state index contributed by atoms with van der Waals surface area (Å²) in [6, 6.07) is 6.11. The molecular weight excluding hydrogens is 516 g/mol. The summed E-state index contributed by atoms with van der Waals surface area (Å²) in [4.78, 5) is 81.9. The van der Waals surface area contributed by atoms with Gasteiger partial charge in [-0.1, -0.05) is 10.1 Å². The first-order valence-corrected chi connectivity index (χ1v) is 11.7. The first-order valence-electron chi connectivity index (χ1n) is 10.2. The van der Waals surface area contributed by atoms with E-state index in [0.717, 1.165) is 36.4 Å². The predicted octanol–water partition coefficient (Wildman–Crippen LogP) is -0.0794. The number of fused-ring (bicyclic) bond motifs is 2. The SMILES string of the molecule is COCC(=O)ON1C(=O)c2ccc(S(=O)(=O)c3ccc4c(c3)C(=O)N(OC(=O)COC)C4=O)cc2C1=O. The van der Waals surface area contributed by atoms with Crippen LogP contribution in [0, 0.1) is 0 Å². The van der Waals surface area contributed by atoms with Gasteiger partial charge in [0, 0.05) is 14.2 Å². The maximum absolute atomic E-state index is 13.3. The van der Waals surface area contributed by atoms with Crippen molar-refractivity contribution in [3.63, 3.8) is 0 Å². The van der Waals surface area contributed by atoms with Crippen molar-refractivity contribution in [2.75, 3.05) is 27.4 Å². The van der Waals surface area contributed by atoms with Crippen LogP contribution in [-0.4, -0.2) is 81.5 Å². The summed E-state index contributed by atoms with van der Waals surface area (Å²) in [7, 11) is -1.98. The van der Waals surface area contributed by atoms with Crippen molar-refractivity contribution in [1.29, 1.82) is 0 Å². The Morgan fingerprint density at radius 3 is 1.35 bits per heavy atom. The molecule has 2 aliphatic rings. The van der Waals surface area contributed by atoms with Crippen LogP contribution in [0.3, 0.4) is 0 Å². The number of carbonyl (C=O) groups is 6. The van der Waals surface area contributed by atoms with Crippen LogP contribution in [0.15, 0.2) is 46.2 Å². The Hall–Kier alpha value is -4.47. The minimum absolute atomic E-state index is 0.196. The number of hydrogen-bond donors (Lipinski definition) is 0. The number of carbonyl (C=O) groups excluding carboxylic acids is 6. The fourth-order valence-corrected chi connectivity index (χ4v) is 4.84. The second kappa shape index (κ2) is 9.53. The Labute approximate surface area is 208 Å². The Morgan fingerprint density at radius 2 is 1.00 bits per heavy atom. The van der Waals surface area contributed by atoms with E-state index in [4.69, 9.17) is 9.68 Å². The van der Waals surface area contributed by atoms with Crippen LogP contribution >= 0.6 is 0 Å². The molecule has 14 nitrogen and oxygen atoms in total. The molecule has 0 fully saturated rings. The number of hydroxylamine groups is 4. The number of methoxy groups -OCH3 is 2. The van der Waals surface area contributed by atoms with Crippen LogP contribution in [-0.2, 0) is 38.6 Å². The highest BCUT2D eigenvalue weighted by Gasteiger charge is 2.42. The van der Waals surface area contributed by atoms with Crippen LogP contribution in [0.25, 0.3) is 0 Å². The van der Waals surface area contributed by atoms with E-state index in [-0.39, 0.29) is 32.4 Å². The van der Waals surface area contributed by atoms with Gasteiger partial charge in [0.1, 0.15) is 13.2 Å². The van der Waals surface area contributed by atoms with Crippen LogP contribution in [0.5, 0.6) is 0 Å². The molecule has 4 rings (SSSR count). The maximum Gasteiger partial charge on any atom is 0.358 e. The minimum atomic E-state index is -4.38. The molecule has 0 spiro atoms. The molecule has 192 valence electrons. The van der Waals surface area contributed by atoms with Gasteiger partial charge in [0.15, 0.2) is 0 Å². The van der Waals surface area contributed by atoms with E-state index in [1.54, 1.807) is 0 Å². The fourth-order valence-electron chi connectivity index (χ4n) is 3.52. The van der Waals surface area contributed by atoms with Crippen molar-refractivity contribution in [3.8, 4) is 0 Å². The monoisotopic (exact) mass is 532 g/mol. The van der Waals surface area contributed by atoms with Gasteiger partial charge in [-0.25, -0.2) is 18.0 Å². The smallest absolute Gasteiger partial charge is 0.358 e. The molecule has 0 radical (unpaired) electrons. The molecule has 0 saturated heterocycles. The number of rotatable bonds is 8. The molecule has 0 aliphatic carbocycles. The lowest BCUT2D eigenvalue weighted by Gasteiger charge is -2.11. The Morgan fingerprint density at radius 1 is 0.649 bits per heavy atom. The van der Waals surface area contributed by atoms with Gasteiger partial charge >= 0.3 is 11.9 Å². The van der Waals surface area contributed by atoms with Gasteiger partial charge in [0.25, 0.3) is 23.6 Å². The normalized spacial score (nSPS) is 14.6. The lowest BCUT2D eigenvalue weighted by atomic mass is 10.1. The molecule has 2 heterocycles. The van der Waals surface area contributed by atoms with Gasteiger partial charge in [-0.15, -0.1) is 0 Å². The number of nitrogens with zero attached hydrogens (tertiary/aromatic N) is 2. The van der Waals surface area contributed by atoms with E-state index in [9.17, 15) is 37.2 Å². The molecule has 0 unspecified atom stereocenters. The van der Waals surface area contributed by atoms with E-state index in [1.165, 1.54) is 14.2 Å². The molecule has 4 amide bonds. The summed E-state index contributed by atoms with van der Waals surface area (Å²) in [6.45, 7) is -1.06. The summed E-state index contributed by atoms with van der Waals surface area (Å²) in [5.74, 6) is -6.13. The van der Waals surface area contributed by atoms with E-state index >= 15 is 0 Å². The standard InChI is InChI=1S/C22H16N2O12S/c1-33-9-17(25)35-23-19(27)13-5-3-11(7-15(13)21(23)29)37(31,32)12-4-6-14-16(8-12)22(30)24(20(14)28)36-18(26)10-34-2/h3-8H,9-10H2,1-2H3. The van der Waals surface area contributed by atoms with Crippen molar-refractivity contribution < 1.29 is 56.3 Å². The van der Waals surface area contributed by atoms with Gasteiger partial charge in [-0.3, -0.25) is 19.2 Å². The predicted molar refractivity (Wildman–Crippen MR) is 115 cm³/mol. The van der Waals surface area contributed by atoms with E-state index in [2.05, 4.69) is 9.47 Å². The Balaban J connectivity index is 1.64. The molecule has 37 heavy (non-hydrogen) atoms. The van der Waals surface area contributed by atoms with Crippen molar-refractivity contribution in [2.45, 2.75) is 9.79 Å². The first kappa shape index (κ1) is 25.6. The number of amides is 4. The first-order chi connectivity index (χ1) is 17.5. The Kier molecular flexibility index (Phi) is 6.60. The topological polar surface area (TPSA) is 180 Å². The van der Waals surface area contributed by atoms with Crippen molar-refractivity contribution >= 4 is 45.4 Å². The molecule has 2 aromatic rings. The largest absolute Gasteiger partial charge is 0.373 e. The van der Waals surface area contributed by atoms with E-state index < -0.39 is 68.4 Å². The third kappa shape index (κ3) is 4.35. The highest BCUT2D eigenvalue weighted by atomic mass is 32.2. The van der Waals surface area contributed by atoms with Gasteiger partial charge in [0.05, 0.1) is 32.0 Å². The zero-order valence-corrected chi connectivity index (χ0v) is 19.9. The third-order valence-electron chi connectivity index (χ3n) is 5.17. The highest BCUT2D eigenvalue weighted by molar-refractivity contribution is 7.91. The van der Waals surface area contributed by atoms with Crippen molar-refractivity contribution in [3.05, 3.63) is 58.7 Å². The van der Waals surface area contributed by atoms with E-state index in [1.807, 2.05) is 0 Å². The molecule has 0 aromatic heterocycles. The number of benzene rings is 2. The second-order valence-corrected chi connectivity index (χ2v) is 9.47. The number of imide groups is 2. The van der Waals surface area contributed by atoms with Crippen molar-refractivity contribution in [2.24, 2.45) is 0 Å². The number of hydrogen-bond acceptors (Lipinski definition) is 12. The zero-order valence-electron chi connectivity index (χ0n) is 19.1. The summed E-state index contributed by atoms with van der Waals surface area (Å²) in [5.41, 5.74) is -1.06. The fraction of sp³-hybridized carbons (Fsp3) is 0.182. The lowest BCUT2D eigenvalue weighted by molar-refractivity contribution is -0.173. The molecule has 2 aromatic carbocycles. The van der Waals surface area contributed by atoms with Crippen LogP contribution in [0.2, 0.25) is 0 Å². The average Bonchev–Trinajstić information content (AvgIpc) is 3.24. The average molecular weight is 532 g/mol. The van der Waals surface area contributed by atoms with Gasteiger partial charge < -0.3 is 19.1 Å². The van der Waals surface area contributed by atoms with Crippen molar-refractivity contribution in [1.82, 2.24) is 10.1 Å². The van der Waals surface area contributed by atoms with Crippen LogP contribution in [0.1, 0.15) is 41.4 Å². The van der Waals surface area contributed by atoms with Crippen LogP contribution in [0.4, 0.5) is 0 Å². The molecule has 0 atom stereocenters. The summed E-state index contributed by atoms with van der Waals surface area (Å²) < 4.78 is 35.7. The molecule has 2 aliphatic heterocycles. The number of sulfone groups is 1. The molecule has 15 heteroatoms. The summed E-state index contributed by atoms with van der Waals surface area (Å²) >= 11 is 0. The zero-order chi connectivity index (χ0) is 27.1. The lowest BCUT2D eigenvalue weighted by Crippen LogP contribution is -2.33. The van der Waals surface area contributed by atoms with E-state index in [0.29, 0.717) is 0 Å². The van der Waals surface area contributed by atoms with Crippen LogP contribution < -0.4 is 0 Å². The highest BCUT2D eigenvalue weighted by Crippen LogP contribution is 2.31. The summed E-state index contributed by atoms with van der Waals surface area (Å²) in [6.07, 6.45) is 0. The molecule has 0 saturated carbocycles. The van der Waals surface area contributed by atoms with Gasteiger partial charge in [-0.05, 0) is 36.4 Å². The Bertz CT molecular complexity index is 1390. The molecule has 0 bridgehead atoms. The van der Waals surface area contributed by atoms with Gasteiger partial charge in [-0.2, -0.15) is 0 Å². The quantitative estimate of drug-likeness (QED) is 0.413. The molecule has 0 N–H and O–H groups in total. The second-order valence-electron chi connectivity index (χ2n) is 7.52. The third-order valence-corrected chi connectivity index (χ3v) is 6.92. The van der Waals surface area contributed by atoms with Gasteiger partial charge in [0.2, 0.25) is 9.84 Å². The summed E-state index contributed by atoms with van der Waals surface area (Å²) in [5, 5.41) is 0.392.